The van der Waals surface area contributed by atoms with Crippen LogP contribution in [0.25, 0.3) is 0 Å². The standard InChI is InChI=1S/C20H17N5O3/c26-19(14-4-3-5-15(12-14)23-18-13-21-8-9-22-18)24-16-6-1-2-7-17(16)25-10-11-28-20(25)27/h1-9,12-13H,10-11H2,(H,22,23)(H,24,26). The summed E-state index contributed by atoms with van der Waals surface area (Å²) < 4.78 is 4.99. The third kappa shape index (κ3) is 3.75. The van der Waals surface area contributed by atoms with E-state index in [2.05, 4.69) is 20.6 Å². The van der Waals surface area contributed by atoms with E-state index in [0.29, 0.717) is 41.6 Å². The molecule has 4 rings (SSSR count). The number of hydrogen-bond donors (Lipinski definition) is 2. The highest BCUT2D eigenvalue weighted by atomic mass is 16.6. The van der Waals surface area contributed by atoms with Crippen LogP contribution in [0.3, 0.4) is 0 Å². The number of rotatable bonds is 5. The van der Waals surface area contributed by atoms with Crippen molar-refractivity contribution in [2.45, 2.75) is 0 Å². The average Bonchev–Trinajstić information content (AvgIpc) is 3.15. The number of nitrogens with one attached hydrogen (secondary N) is 2. The molecule has 0 saturated carbocycles. The fourth-order valence-electron chi connectivity index (χ4n) is 2.87. The topological polar surface area (TPSA) is 96.5 Å². The van der Waals surface area contributed by atoms with E-state index in [1.54, 1.807) is 55.0 Å². The van der Waals surface area contributed by atoms with Gasteiger partial charge in [-0.3, -0.25) is 14.7 Å². The summed E-state index contributed by atoms with van der Waals surface area (Å²) in [5.41, 5.74) is 2.32. The molecule has 2 heterocycles. The van der Waals surface area contributed by atoms with Crippen molar-refractivity contribution < 1.29 is 14.3 Å². The molecule has 2 amide bonds. The van der Waals surface area contributed by atoms with Crippen LogP contribution in [-0.2, 0) is 4.74 Å². The van der Waals surface area contributed by atoms with E-state index in [4.69, 9.17) is 4.74 Å². The first-order valence-electron chi connectivity index (χ1n) is 8.68. The Balaban J connectivity index is 1.53. The summed E-state index contributed by atoms with van der Waals surface area (Å²) in [7, 11) is 0. The maximum Gasteiger partial charge on any atom is 0.414 e. The SMILES string of the molecule is O=C(Nc1ccccc1N1CCOC1=O)c1cccc(Nc2cnccn2)c1. The van der Waals surface area contributed by atoms with Gasteiger partial charge in [-0.15, -0.1) is 0 Å². The number of para-hydroxylation sites is 2. The van der Waals surface area contributed by atoms with Crippen molar-refractivity contribution in [2.75, 3.05) is 28.7 Å². The number of benzene rings is 2. The van der Waals surface area contributed by atoms with Crippen LogP contribution in [0, 0.1) is 0 Å². The van der Waals surface area contributed by atoms with Gasteiger partial charge >= 0.3 is 6.09 Å². The number of ether oxygens (including phenoxy) is 1. The largest absolute Gasteiger partial charge is 0.447 e. The van der Waals surface area contributed by atoms with Gasteiger partial charge in [0.05, 0.1) is 24.1 Å². The highest BCUT2D eigenvalue weighted by Crippen LogP contribution is 2.28. The van der Waals surface area contributed by atoms with E-state index in [9.17, 15) is 9.59 Å². The Labute approximate surface area is 161 Å². The van der Waals surface area contributed by atoms with Gasteiger partial charge in [-0.1, -0.05) is 18.2 Å². The molecule has 0 atom stereocenters. The molecule has 140 valence electrons. The summed E-state index contributed by atoms with van der Waals surface area (Å²) in [6, 6.07) is 14.2. The Morgan fingerprint density at radius 2 is 2.00 bits per heavy atom. The summed E-state index contributed by atoms with van der Waals surface area (Å²) in [5.74, 6) is 0.292. The second-order valence-corrected chi connectivity index (χ2v) is 6.03. The third-order valence-corrected chi connectivity index (χ3v) is 4.16. The van der Waals surface area contributed by atoms with Crippen LogP contribution < -0.4 is 15.5 Å². The minimum atomic E-state index is -0.420. The lowest BCUT2D eigenvalue weighted by Crippen LogP contribution is -2.25. The van der Waals surface area contributed by atoms with Crippen LogP contribution in [0.1, 0.15) is 10.4 Å². The van der Waals surface area contributed by atoms with Gasteiger partial charge in [0.1, 0.15) is 12.4 Å². The van der Waals surface area contributed by atoms with Gasteiger partial charge in [-0.25, -0.2) is 9.78 Å². The van der Waals surface area contributed by atoms with Crippen LogP contribution >= 0.6 is 0 Å². The first-order valence-corrected chi connectivity index (χ1v) is 8.68. The monoisotopic (exact) mass is 375 g/mol. The number of carbonyl (C=O) groups is 2. The lowest BCUT2D eigenvalue weighted by atomic mass is 10.1. The van der Waals surface area contributed by atoms with Crippen molar-refractivity contribution in [3.05, 3.63) is 72.7 Å². The Morgan fingerprint density at radius 3 is 2.79 bits per heavy atom. The fourth-order valence-corrected chi connectivity index (χ4v) is 2.87. The summed E-state index contributed by atoms with van der Waals surface area (Å²) >= 11 is 0. The van der Waals surface area contributed by atoms with Crippen molar-refractivity contribution in [3.63, 3.8) is 0 Å². The van der Waals surface area contributed by atoms with Crippen molar-refractivity contribution in [1.29, 1.82) is 0 Å². The maximum absolute atomic E-state index is 12.8. The molecule has 1 aliphatic rings. The zero-order chi connectivity index (χ0) is 19.3. The molecular formula is C20H17N5O3. The zero-order valence-corrected chi connectivity index (χ0v) is 14.8. The van der Waals surface area contributed by atoms with E-state index in [1.165, 1.54) is 4.90 Å². The van der Waals surface area contributed by atoms with Crippen LogP contribution in [0.2, 0.25) is 0 Å². The Hall–Kier alpha value is -3.94. The summed E-state index contributed by atoms with van der Waals surface area (Å²) in [6.45, 7) is 0.778. The second kappa shape index (κ2) is 7.75. The predicted molar refractivity (Wildman–Crippen MR) is 105 cm³/mol. The van der Waals surface area contributed by atoms with Gasteiger partial charge in [0.2, 0.25) is 0 Å². The van der Waals surface area contributed by atoms with Gasteiger partial charge in [0, 0.05) is 23.6 Å². The van der Waals surface area contributed by atoms with Crippen LogP contribution in [0.5, 0.6) is 0 Å². The van der Waals surface area contributed by atoms with Gasteiger partial charge in [0.15, 0.2) is 0 Å². The predicted octanol–water partition coefficient (Wildman–Crippen LogP) is 3.43. The normalized spacial score (nSPS) is 13.1. The molecule has 1 saturated heterocycles. The lowest BCUT2D eigenvalue weighted by molar-refractivity contribution is 0.102. The molecule has 28 heavy (non-hydrogen) atoms. The van der Waals surface area contributed by atoms with Gasteiger partial charge in [-0.2, -0.15) is 0 Å². The number of anilines is 4. The van der Waals surface area contributed by atoms with E-state index in [0.717, 1.165) is 0 Å². The summed E-state index contributed by atoms with van der Waals surface area (Å²) in [4.78, 5) is 34.3. The van der Waals surface area contributed by atoms with Crippen molar-refractivity contribution in [1.82, 2.24) is 9.97 Å². The Kier molecular flexibility index (Phi) is 4.83. The molecule has 0 unspecified atom stereocenters. The molecule has 8 heteroatoms. The van der Waals surface area contributed by atoms with Crippen molar-refractivity contribution >= 4 is 34.9 Å². The molecule has 0 radical (unpaired) electrons. The van der Waals surface area contributed by atoms with Crippen molar-refractivity contribution in [3.8, 4) is 0 Å². The molecule has 2 aromatic carbocycles. The number of hydrogen-bond acceptors (Lipinski definition) is 6. The number of nitrogens with zero attached hydrogens (tertiary/aromatic N) is 3. The summed E-state index contributed by atoms with van der Waals surface area (Å²) in [5, 5.41) is 5.97. The second-order valence-electron chi connectivity index (χ2n) is 6.03. The quantitative estimate of drug-likeness (QED) is 0.709. The number of carbonyl (C=O) groups excluding carboxylic acids is 2. The molecule has 0 aliphatic carbocycles. The van der Waals surface area contributed by atoms with Gasteiger partial charge in [0.25, 0.3) is 5.91 Å². The third-order valence-electron chi connectivity index (χ3n) is 4.16. The molecule has 1 aliphatic heterocycles. The lowest BCUT2D eigenvalue weighted by Gasteiger charge is -2.17. The molecule has 0 bridgehead atoms. The van der Waals surface area contributed by atoms with E-state index in [1.807, 2.05) is 12.1 Å². The summed E-state index contributed by atoms with van der Waals surface area (Å²) in [6.07, 6.45) is 4.34. The Bertz CT molecular complexity index is 1010. The smallest absolute Gasteiger partial charge is 0.414 e. The van der Waals surface area contributed by atoms with E-state index in [-0.39, 0.29) is 5.91 Å². The minimum Gasteiger partial charge on any atom is -0.447 e. The van der Waals surface area contributed by atoms with Gasteiger partial charge in [-0.05, 0) is 30.3 Å². The molecule has 1 fully saturated rings. The molecule has 8 nitrogen and oxygen atoms in total. The van der Waals surface area contributed by atoms with Gasteiger partial charge < -0.3 is 15.4 Å². The first kappa shape index (κ1) is 17.5. The van der Waals surface area contributed by atoms with Crippen LogP contribution in [0.4, 0.5) is 27.7 Å². The molecule has 0 spiro atoms. The van der Waals surface area contributed by atoms with E-state index >= 15 is 0 Å². The Morgan fingerprint density at radius 1 is 1.11 bits per heavy atom. The fraction of sp³-hybridized carbons (Fsp3) is 0.100. The highest BCUT2D eigenvalue weighted by Gasteiger charge is 2.26. The van der Waals surface area contributed by atoms with Crippen molar-refractivity contribution in [2.24, 2.45) is 0 Å². The van der Waals surface area contributed by atoms with Crippen LogP contribution in [-0.4, -0.2) is 35.1 Å². The first-order chi connectivity index (χ1) is 13.7. The average molecular weight is 375 g/mol. The molecule has 1 aromatic heterocycles. The minimum absolute atomic E-state index is 0.289. The number of cyclic esters (lactones) is 1. The molecule has 2 N–H and O–H groups in total. The highest BCUT2D eigenvalue weighted by molar-refractivity contribution is 6.07. The molecule has 3 aromatic rings. The maximum atomic E-state index is 12.8. The van der Waals surface area contributed by atoms with E-state index < -0.39 is 6.09 Å². The number of amides is 2. The van der Waals surface area contributed by atoms with Crippen LogP contribution in [0.15, 0.2) is 67.1 Å². The zero-order valence-electron chi connectivity index (χ0n) is 14.8. The molecular weight excluding hydrogens is 358 g/mol. The number of aromatic nitrogens is 2.